The predicted octanol–water partition coefficient (Wildman–Crippen LogP) is 3.17. The van der Waals surface area contributed by atoms with E-state index in [0.717, 1.165) is 11.3 Å². The van der Waals surface area contributed by atoms with Crippen LogP contribution < -0.4 is 11.3 Å². The van der Waals surface area contributed by atoms with Gasteiger partial charge in [0.1, 0.15) is 5.82 Å². The van der Waals surface area contributed by atoms with Crippen molar-refractivity contribution in [3.8, 4) is 0 Å². The molecule has 1 rings (SSSR count). The monoisotopic (exact) mass is 256 g/mol. The van der Waals surface area contributed by atoms with E-state index in [1.807, 2.05) is 6.07 Å². The summed E-state index contributed by atoms with van der Waals surface area (Å²) in [6.45, 7) is 8.22. The summed E-state index contributed by atoms with van der Waals surface area (Å²) < 4.78 is 13.7. The second-order valence-electron chi connectivity index (χ2n) is 5.15. The zero-order chi connectivity index (χ0) is 13.1. The Hall–Kier alpha value is -0.580. The number of halogens is 1. The minimum absolute atomic E-state index is 0.0191. The summed E-state index contributed by atoms with van der Waals surface area (Å²) in [7, 11) is 0. The lowest BCUT2D eigenvalue weighted by atomic mass is 10.1. The standard InChI is InChI=1S/C13H21FN2S/c1-9-5-6-10(7-11(9)14)12(16-15)8-17-13(2,3)4/h5-7,12,16H,8,15H2,1-4H3. The van der Waals surface area contributed by atoms with Gasteiger partial charge in [-0.25, -0.2) is 4.39 Å². The molecular weight excluding hydrogens is 235 g/mol. The van der Waals surface area contributed by atoms with Crippen LogP contribution in [0, 0.1) is 12.7 Å². The maximum atomic E-state index is 13.5. The number of hydrazine groups is 1. The highest BCUT2D eigenvalue weighted by Crippen LogP contribution is 2.28. The fourth-order valence-electron chi connectivity index (χ4n) is 1.40. The molecule has 0 spiro atoms. The highest BCUT2D eigenvalue weighted by atomic mass is 32.2. The fourth-order valence-corrected chi connectivity index (χ4v) is 2.36. The Morgan fingerprint density at radius 2 is 2.06 bits per heavy atom. The van der Waals surface area contributed by atoms with Gasteiger partial charge in [0, 0.05) is 10.5 Å². The third kappa shape index (κ3) is 4.66. The van der Waals surface area contributed by atoms with Crippen LogP contribution in [-0.4, -0.2) is 10.5 Å². The average Bonchev–Trinajstić information content (AvgIpc) is 2.22. The molecule has 0 saturated heterocycles. The summed E-state index contributed by atoms with van der Waals surface area (Å²) in [5, 5.41) is 0. The van der Waals surface area contributed by atoms with Crippen molar-refractivity contribution >= 4 is 11.8 Å². The van der Waals surface area contributed by atoms with E-state index in [1.165, 1.54) is 0 Å². The van der Waals surface area contributed by atoms with Gasteiger partial charge in [0.15, 0.2) is 0 Å². The Balaban J connectivity index is 2.76. The molecule has 0 fully saturated rings. The highest BCUT2D eigenvalue weighted by Gasteiger charge is 2.16. The molecule has 1 atom stereocenters. The Bertz CT molecular complexity index is 374. The third-order valence-corrected chi connectivity index (χ3v) is 3.85. The van der Waals surface area contributed by atoms with Gasteiger partial charge >= 0.3 is 0 Å². The van der Waals surface area contributed by atoms with Gasteiger partial charge in [0.25, 0.3) is 0 Å². The molecule has 17 heavy (non-hydrogen) atoms. The number of nitrogens with one attached hydrogen (secondary N) is 1. The molecule has 0 aliphatic heterocycles. The van der Waals surface area contributed by atoms with Gasteiger partial charge in [-0.15, -0.1) is 0 Å². The number of hydrogen-bond donors (Lipinski definition) is 2. The van der Waals surface area contributed by atoms with Crippen molar-refractivity contribution in [3.05, 3.63) is 35.1 Å². The van der Waals surface area contributed by atoms with Crippen LogP contribution in [0.15, 0.2) is 18.2 Å². The summed E-state index contributed by atoms with van der Waals surface area (Å²) in [5.74, 6) is 6.18. The molecule has 0 bridgehead atoms. The number of hydrogen-bond acceptors (Lipinski definition) is 3. The summed E-state index contributed by atoms with van der Waals surface area (Å²) in [5.41, 5.74) is 4.31. The first-order valence-corrected chi connectivity index (χ1v) is 6.68. The van der Waals surface area contributed by atoms with Crippen LogP contribution >= 0.6 is 11.8 Å². The van der Waals surface area contributed by atoms with E-state index in [4.69, 9.17) is 5.84 Å². The predicted molar refractivity (Wildman–Crippen MR) is 73.4 cm³/mol. The molecule has 1 aromatic rings. The van der Waals surface area contributed by atoms with Crippen LogP contribution in [0.1, 0.15) is 37.9 Å². The van der Waals surface area contributed by atoms with E-state index < -0.39 is 0 Å². The Labute approximate surface area is 107 Å². The minimum atomic E-state index is -0.177. The van der Waals surface area contributed by atoms with Crippen molar-refractivity contribution < 1.29 is 4.39 Å². The van der Waals surface area contributed by atoms with Crippen molar-refractivity contribution in [2.24, 2.45) is 5.84 Å². The van der Waals surface area contributed by atoms with Gasteiger partial charge in [-0.1, -0.05) is 32.9 Å². The SMILES string of the molecule is Cc1ccc(C(CSC(C)(C)C)NN)cc1F. The topological polar surface area (TPSA) is 38.0 Å². The summed E-state index contributed by atoms with van der Waals surface area (Å²) in [6.07, 6.45) is 0. The number of aryl methyl sites for hydroxylation is 1. The Morgan fingerprint density at radius 3 is 2.53 bits per heavy atom. The molecule has 0 aliphatic carbocycles. The van der Waals surface area contributed by atoms with Crippen LogP contribution in [0.2, 0.25) is 0 Å². The number of nitrogens with two attached hydrogens (primary N) is 1. The third-order valence-electron chi connectivity index (χ3n) is 2.48. The molecule has 0 aromatic heterocycles. The van der Waals surface area contributed by atoms with Crippen LogP contribution in [0.5, 0.6) is 0 Å². The van der Waals surface area contributed by atoms with E-state index >= 15 is 0 Å². The molecule has 0 amide bonds. The molecule has 0 heterocycles. The normalized spacial score (nSPS) is 13.8. The minimum Gasteiger partial charge on any atom is -0.271 e. The second kappa shape index (κ2) is 5.85. The molecule has 3 N–H and O–H groups in total. The van der Waals surface area contributed by atoms with Crippen molar-refractivity contribution in [1.82, 2.24) is 5.43 Å². The maximum Gasteiger partial charge on any atom is 0.126 e. The molecule has 96 valence electrons. The van der Waals surface area contributed by atoms with Gasteiger partial charge in [0.05, 0.1) is 6.04 Å². The van der Waals surface area contributed by atoms with E-state index in [1.54, 1.807) is 30.8 Å². The van der Waals surface area contributed by atoms with Crippen molar-refractivity contribution in [1.29, 1.82) is 0 Å². The fraction of sp³-hybridized carbons (Fsp3) is 0.538. The second-order valence-corrected chi connectivity index (χ2v) is 7.00. The molecule has 2 nitrogen and oxygen atoms in total. The largest absolute Gasteiger partial charge is 0.271 e. The van der Waals surface area contributed by atoms with Crippen molar-refractivity contribution in [2.75, 3.05) is 5.75 Å². The molecule has 1 unspecified atom stereocenters. The first-order valence-electron chi connectivity index (χ1n) is 5.69. The van der Waals surface area contributed by atoms with E-state index in [-0.39, 0.29) is 16.6 Å². The molecule has 4 heteroatoms. The highest BCUT2D eigenvalue weighted by molar-refractivity contribution is 8.00. The van der Waals surface area contributed by atoms with Crippen LogP contribution in [0.3, 0.4) is 0 Å². The molecule has 1 aromatic carbocycles. The van der Waals surface area contributed by atoms with E-state index in [2.05, 4.69) is 26.2 Å². The van der Waals surface area contributed by atoms with Gasteiger partial charge < -0.3 is 0 Å². The molecule has 0 aliphatic rings. The lowest BCUT2D eigenvalue weighted by Crippen LogP contribution is -2.31. The van der Waals surface area contributed by atoms with Crippen LogP contribution in [0.25, 0.3) is 0 Å². The Kier molecular flexibility index (Phi) is 4.98. The molecule has 0 saturated carbocycles. The van der Waals surface area contributed by atoms with Crippen molar-refractivity contribution in [3.63, 3.8) is 0 Å². The first kappa shape index (κ1) is 14.5. The van der Waals surface area contributed by atoms with Gasteiger partial charge in [0.2, 0.25) is 0 Å². The summed E-state index contributed by atoms with van der Waals surface area (Å²) in [4.78, 5) is 0. The summed E-state index contributed by atoms with van der Waals surface area (Å²) >= 11 is 1.81. The van der Waals surface area contributed by atoms with Crippen molar-refractivity contribution in [2.45, 2.75) is 38.5 Å². The van der Waals surface area contributed by atoms with Crippen LogP contribution in [0.4, 0.5) is 4.39 Å². The lowest BCUT2D eigenvalue weighted by molar-refractivity contribution is 0.585. The number of rotatable bonds is 4. The first-order chi connectivity index (χ1) is 7.83. The number of benzene rings is 1. The molecule has 0 radical (unpaired) electrons. The quantitative estimate of drug-likeness (QED) is 0.642. The lowest BCUT2D eigenvalue weighted by Gasteiger charge is -2.23. The van der Waals surface area contributed by atoms with E-state index in [0.29, 0.717) is 5.56 Å². The van der Waals surface area contributed by atoms with Gasteiger partial charge in [-0.2, -0.15) is 11.8 Å². The van der Waals surface area contributed by atoms with Gasteiger partial charge in [-0.05, 0) is 24.1 Å². The maximum absolute atomic E-state index is 13.5. The number of thioether (sulfide) groups is 1. The van der Waals surface area contributed by atoms with Crippen LogP contribution in [-0.2, 0) is 0 Å². The zero-order valence-electron chi connectivity index (χ0n) is 10.9. The molecular formula is C13H21FN2S. The smallest absolute Gasteiger partial charge is 0.126 e. The Morgan fingerprint density at radius 1 is 1.41 bits per heavy atom. The van der Waals surface area contributed by atoms with E-state index in [9.17, 15) is 4.39 Å². The summed E-state index contributed by atoms with van der Waals surface area (Å²) in [6, 6.07) is 5.25. The average molecular weight is 256 g/mol. The zero-order valence-corrected chi connectivity index (χ0v) is 11.7. The van der Waals surface area contributed by atoms with Gasteiger partial charge in [-0.3, -0.25) is 11.3 Å².